The molecule has 1 N–H and O–H groups in total. The Bertz CT molecular complexity index is 485. The number of halogens is 2. The molecule has 1 aromatic carbocycles. The molecule has 1 heterocycles. The molecule has 0 saturated heterocycles. The van der Waals surface area contributed by atoms with Crippen LogP contribution in [0.3, 0.4) is 0 Å². The minimum absolute atomic E-state index is 0.519. The fourth-order valence-corrected chi connectivity index (χ4v) is 1.67. The van der Waals surface area contributed by atoms with Crippen LogP contribution in [0.2, 0.25) is 5.02 Å². The molecule has 0 saturated carbocycles. The zero-order valence-corrected chi connectivity index (χ0v) is 10.5. The maximum Gasteiger partial charge on any atom is 0.222 e. The summed E-state index contributed by atoms with van der Waals surface area (Å²) in [6.07, 6.45) is 3.12. The molecule has 17 heavy (non-hydrogen) atoms. The van der Waals surface area contributed by atoms with E-state index >= 15 is 0 Å². The van der Waals surface area contributed by atoms with Crippen molar-refractivity contribution in [2.45, 2.75) is 12.4 Å². The third-order valence-corrected chi connectivity index (χ3v) is 2.72. The number of rotatable bonds is 4. The van der Waals surface area contributed by atoms with Crippen molar-refractivity contribution in [3.63, 3.8) is 0 Å². The average molecular weight is 268 g/mol. The molecule has 5 heteroatoms. The lowest BCUT2D eigenvalue weighted by molar-refractivity contribution is 1.05. The Morgan fingerprint density at radius 3 is 2.53 bits per heavy atom. The molecule has 0 radical (unpaired) electrons. The second kappa shape index (κ2) is 5.84. The summed E-state index contributed by atoms with van der Waals surface area (Å²) >= 11 is 11.5. The first-order valence-electron chi connectivity index (χ1n) is 5.13. The summed E-state index contributed by atoms with van der Waals surface area (Å²) in [6, 6.07) is 8.06. The maximum atomic E-state index is 5.77. The van der Waals surface area contributed by atoms with E-state index in [9.17, 15) is 0 Å². The Hall–Kier alpha value is -1.32. The summed E-state index contributed by atoms with van der Waals surface area (Å²) < 4.78 is 0. The van der Waals surface area contributed by atoms with E-state index in [0.717, 1.165) is 11.1 Å². The van der Waals surface area contributed by atoms with Gasteiger partial charge in [-0.05, 0) is 11.1 Å². The molecule has 0 bridgehead atoms. The number of benzene rings is 1. The summed E-state index contributed by atoms with van der Waals surface area (Å²) in [4.78, 5) is 8.11. The lowest BCUT2D eigenvalue weighted by Crippen LogP contribution is -2.03. The normalized spacial score (nSPS) is 10.2. The molecule has 0 unspecified atom stereocenters. The highest BCUT2D eigenvalue weighted by Gasteiger charge is 1.98. The van der Waals surface area contributed by atoms with Gasteiger partial charge in [0.05, 0.1) is 17.4 Å². The molecule has 2 aromatic rings. The van der Waals surface area contributed by atoms with Crippen molar-refractivity contribution in [2.75, 3.05) is 5.32 Å². The second-order valence-corrected chi connectivity index (χ2v) is 4.24. The van der Waals surface area contributed by atoms with E-state index in [4.69, 9.17) is 23.2 Å². The summed E-state index contributed by atoms with van der Waals surface area (Å²) in [7, 11) is 0. The number of anilines is 1. The molecule has 3 nitrogen and oxygen atoms in total. The molecule has 0 aliphatic carbocycles. The highest BCUT2D eigenvalue weighted by Crippen LogP contribution is 2.10. The van der Waals surface area contributed by atoms with Crippen LogP contribution in [0.5, 0.6) is 0 Å². The van der Waals surface area contributed by atoms with E-state index in [-0.39, 0.29) is 0 Å². The van der Waals surface area contributed by atoms with Crippen LogP contribution in [-0.2, 0) is 12.4 Å². The molecule has 0 spiro atoms. The second-order valence-electron chi connectivity index (χ2n) is 3.53. The molecule has 1 aromatic heterocycles. The zero-order valence-electron chi connectivity index (χ0n) is 9.03. The third kappa shape index (κ3) is 3.58. The molecule has 0 aliphatic rings. The summed E-state index contributed by atoms with van der Waals surface area (Å²) in [5.41, 5.74) is 2.24. The first-order chi connectivity index (χ1) is 8.28. The van der Waals surface area contributed by atoms with Gasteiger partial charge in [0.2, 0.25) is 5.95 Å². The predicted molar refractivity (Wildman–Crippen MR) is 70.4 cm³/mol. The number of aromatic nitrogens is 2. The van der Waals surface area contributed by atoms with Gasteiger partial charge in [0.15, 0.2) is 0 Å². The highest BCUT2D eigenvalue weighted by molar-refractivity contribution is 6.30. The fourth-order valence-electron chi connectivity index (χ4n) is 1.41. The van der Waals surface area contributed by atoms with Gasteiger partial charge in [-0.3, -0.25) is 0 Å². The molecule has 0 aliphatic heterocycles. The van der Waals surface area contributed by atoms with Gasteiger partial charge < -0.3 is 5.32 Å². The quantitative estimate of drug-likeness (QED) is 0.862. The van der Waals surface area contributed by atoms with Crippen LogP contribution in [0, 0.1) is 0 Å². The number of hydrogen-bond donors (Lipinski definition) is 1. The lowest BCUT2D eigenvalue weighted by Gasteiger charge is -2.05. The van der Waals surface area contributed by atoms with E-state index in [1.807, 2.05) is 18.2 Å². The van der Waals surface area contributed by atoms with Gasteiger partial charge >= 0.3 is 0 Å². The van der Waals surface area contributed by atoms with Crippen molar-refractivity contribution in [1.82, 2.24) is 9.97 Å². The van der Waals surface area contributed by atoms with Crippen LogP contribution in [-0.4, -0.2) is 9.97 Å². The fraction of sp³-hybridized carbons (Fsp3) is 0.167. The van der Waals surface area contributed by atoms with E-state index in [0.29, 0.717) is 23.4 Å². The maximum absolute atomic E-state index is 5.77. The van der Waals surface area contributed by atoms with Crippen LogP contribution < -0.4 is 5.32 Å². The molecular formula is C12H11Cl2N3. The molecule has 0 fully saturated rings. The van der Waals surface area contributed by atoms with Crippen molar-refractivity contribution in [2.24, 2.45) is 0 Å². The van der Waals surface area contributed by atoms with E-state index in [1.54, 1.807) is 12.4 Å². The number of nitrogens with one attached hydrogen (secondary N) is 1. The summed E-state index contributed by atoms with van der Waals surface area (Å²) in [5.74, 6) is 1.08. The lowest BCUT2D eigenvalue weighted by atomic mass is 10.1. The third-order valence-electron chi connectivity index (χ3n) is 2.22. The molecule has 88 valence electrons. The monoisotopic (exact) mass is 267 g/mol. The van der Waals surface area contributed by atoms with Crippen LogP contribution in [0.4, 0.5) is 5.95 Å². The minimum atomic E-state index is 0.519. The molecule has 0 amide bonds. The largest absolute Gasteiger partial charge is 0.350 e. The van der Waals surface area contributed by atoms with Crippen LogP contribution >= 0.6 is 23.2 Å². The predicted octanol–water partition coefficient (Wildman–Crippen LogP) is 3.48. The SMILES string of the molecule is ClCc1cccc(CNc2ncc(Cl)cn2)c1. The van der Waals surface area contributed by atoms with Gasteiger partial charge in [0, 0.05) is 12.4 Å². The van der Waals surface area contributed by atoms with Crippen molar-refractivity contribution in [1.29, 1.82) is 0 Å². The number of hydrogen-bond acceptors (Lipinski definition) is 3. The average Bonchev–Trinajstić information content (AvgIpc) is 2.38. The Kier molecular flexibility index (Phi) is 4.18. The van der Waals surface area contributed by atoms with Gasteiger partial charge in [-0.1, -0.05) is 35.9 Å². The summed E-state index contributed by atoms with van der Waals surface area (Å²) in [5, 5.41) is 3.64. The van der Waals surface area contributed by atoms with Crippen molar-refractivity contribution in [3.05, 3.63) is 52.8 Å². The van der Waals surface area contributed by atoms with Gasteiger partial charge in [-0.25, -0.2) is 9.97 Å². The molecule has 0 atom stereocenters. The first kappa shape index (κ1) is 12.1. The Morgan fingerprint density at radius 1 is 1.12 bits per heavy atom. The van der Waals surface area contributed by atoms with Crippen molar-refractivity contribution >= 4 is 29.2 Å². The topological polar surface area (TPSA) is 37.8 Å². The van der Waals surface area contributed by atoms with E-state index in [1.165, 1.54) is 0 Å². The minimum Gasteiger partial charge on any atom is -0.350 e. The molecule has 2 rings (SSSR count). The van der Waals surface area contributed by atoms with Crippen LogP contribution in [0.15, 0.2) is 36.7 Å². The first-order valence-corrected chi connectivity index (χ1v) is 6.04. The zero-order chi connectivity index (χ0) is 12.1. The van der Waals surface area contributed by atoms with Gasteiger partial charge in [-0.2, -0.15) is 0 Å². The Morgan fingerprint density at radius 2 is 1.82 bits per heavy atom. The van der Waals surface area contributed by atoms with Crippen molar-refractivity contribution < 1.29 is 0 Å². The van der Waals surface area contributed by atoms with Gasteiger partial charge in [0.25, 0.3) is 0 Å². The van der Waals surface area contributed by atoms with E-state index < -0.39 is 0 Å². The molecular weight excluding hydrogens is 257 g/mol. The standard InChI is InChI=1S/C12H11Cl2N3/c13-5-9-2-1-3-10(4-9)6-15-12-16-7-11(14)8-17-12/h1-4,7-8H,5-6H2,(H,15,16,17). The number of nitrogens with zero attached hydrogens (tertiary/aromatic N) is 2. The highest BCUT2D eigenvalue weighted by atomic mass is 35.5. The Balaban J connectivity index is 1.99. The van der Waals surface area contributed by atoms with Gasteiger partial charge in [-0.15, -0.1) is 11.6 Å². The number of alkyl halides is 1. The van der Waals surface area contributed by atoms with Gasteiger partial charge in [0.1, 0.15) is 0 Å². The van der Waals surface area contributed by atoms with Crippen LogP contribution in [0.1, 0.15) is 11.1 Å². The Labute approximate surface area is 110 Å². The van der Waals surface area contributed by atoms with Crippen molar-refractivity contribution in [3.8, 4) is 0 Å². The van der Waals surface area contributed by atoms with E-state index in [2.05, 4.69) is 21.4 Å². The smallest absolute Gasteiger partial charge is 0.222 e. The van der Waals surface area contributed by atoms with Crippen LogP contribution in [0.25, 0.3) is 0 Å². The summed E-state index contributed by atoms with van der Waals surface area (Å²) in [6.45, 7) is 0.659.